The number of aliphatic hydroxyl groups is 1. The van der Waals surface area contributed by atoms with Crippen LogP contribution in [0.2, 0.25) is 5.02 Å². The number of fused-ring (bicyclic) bond motifs is 1. The van der Waals surface area contributed by atoms with Gasteiger partial charge < -0.3 is 15.7 Å². The third-order valence-electron chi connectivity index (χ3n) is 3.55. The minimum Gasteiger partial charge on any atom is -0.393 e. The van der Waals surface area contributed by atoms with Crippen LogP contribution >= 0.6 is 23.4 Å². The van der Waals surface area contributed by atoms with E-state index < -0.39 is 0 Å². The minimum atomic E-state index is -0.351. The summed E-state index contributed by atoms with van der Waals surface area (Å²) in [5.41, 5.74) is 1.09. The van der Waals surface area contributed by atoms with Gasteiger partial charge in [-0.05, 0) is 43.0 Å². The SMILES string of the molecule is CCC(O)CCNC(=O)NC1CCSc2ccc(Cl)cc21. The summed E-state index contributed by atoms with van der Waals surface area (Å²) in [4.78, 5) is 13.1. The fraction of sp³-hybridized carbons (Fsp3) is 0.533. The van der Waals surface area contributed by atoms with Crippen molar-refractivity contribution in [2.24, 2.45) is 0 Å². The van der Waals surface area contributed by atoms with Gasteiger partial charge in [0.2, 0.25) is 0 Å². The Kier molecular flexibility index (Phi) is 6.21. The van der Waals surface area contributed by atoms with E-state index in [4.69, 9.17) is 11.6 Å². The Morgan fingerprint density at radius 1 is 1.57 bits per heavy atom. The van der Waals surface area contributed by atoms with E-state index >= 15 is 0 Å². The fourth-order valence-corrected chi connectivity index (χ4v) is 3.57. The zero-order chi connectivity index (χ0) is 15.2. The van der Waals surface area contributed by atoms with Crippen LogP contribution in [0.1, 0.15) is 37.8 Å². The standard InChI is InChI=1S/C15H21ClN2O2S/c1-2-11(19)5-7-17-15(20)18-13-6-8-21-14-4-3-10(16)9-12(13)14/h3-4,9,11,13,19H,2,5-8H2,1H3,(H2,17,18,20). The lowest BCUT2D eigenvalue weighted by atomic mass is 10.0. The number of rotatable bonds is 5. The van der Waals surface area contributed by atoms with Crippen LogP contribution in [0.5, 0.6) is 0 Å². The zero-order valence-corrected chi connectivity index (χ0v) is 13.6. The summed E-state index contributed by atoms with van der Waals surface area (Å²) >= 11 is 7.84. The predicted molar refractivity (Wildman–Crippen MR) is 87.0 cm³/mol. The highest BCUT2D eigenvalue weighted by Crippen LogP contribution is 2.37. The van der Waals surface area contributed by atoms with Crippen molar-refractivity contribution < 1.29 is 9.90 Å². The molecule has 2 atom stereocenters. The number of aliphatic hydroxyl groups excluding tert-OH is 1. The van der Waals surface area contributed by atoms with E-state index in [1.54, 1.807) is 11.8 Å². The number of hydrogen-bond donors (Lipinski definition) is 3. The molecule has 2 amide bonds. The van der Waals surface area contributed by atoms with Crippen molar-refractivity contribution in [2.75, 3.05) is 12.3 Å². The maximum absolute atomic E-state index is 11.9. The second-order valence-corrected chi connectivity index (χ2v) is 6.70. The Morgan fingerprint density at radius 2 is 2.38 bits per heavy atom. The molecule has 0 aliphatic carbocycles. The van der Waals surface area contributed by atoms with E-state index in [-0.39, 0.29) is 18.2 Å². The van der Waals surface area contributed by atoms with Crippen molar-refractivity contribution in [2.45, 2.75) is 43.2 Å². The monoisotopic (exact) mass is 328 g/mol. The Balaban J connectivity index is 1.89. The largest absolute Gasteiger partial charge is 0.393 e. The van der Waals surface area contributed by atoms with E-state index in [0.717, 1.165) is 17.7 Å². The Labute approximate surface area is 134 Å². The van der Waals surface area contributed by atoms with Crippen molar-refractivity contribution in [3.8, 4) is 0 Å². The first-order valence-corrected chi connectivity index (χ1v) is 8.61. The normalized spacial score (nSPS) is 18.7. The number of carbonyl (C=O) groups excluding carboxylic acids is 1. The van der Waals surface area contributed by atoms with Crippen LogP contribution in [0.15, 0.2) is 23.1 Å². The van der Waals surface area contributed by atoms with Gasteiger partial charge >= 0.3 is 6.03 Å². The van der Waals surface area contributed by atoms with Gasteiger partial charge in [-0.25, -0.2) is 4.79 Å². The first-order valence-electron chi connectivity index (χ1n) is 7.24. The van der Waals surface area contributed by atoms with Gasteiger partial charge in [-0.3, -0.25) is 0 Å². The maximum atomic E-state index is 11.9. The summed E-state index contributed by atoms with van der Waals surface area (Å²) in [7, 11) is 0. The Morgan fingerprint density at radius 3 is 3.14 bits per heavy atom. The molecule has 2 rings (SSSR count). The molecule has 1 aliphatic rings. The van der Waals surface area contributed by atoms with Crippen molar-refractivity contribution >= 4 is 29.4 Å². The Hall–Kier alpha value is -0.910. The molecular weight excluding hydrogens is 308 g/mol. The van der Waals surface area contributed by atoms with Gasteiger partial charge in [0, 0.05) is 22.2 Å². The second kappa shape index (κ2) is 7.92. The molecule has 0 aromatic heterocycles. The van der Waals surface area contributed by atoms with Crippen molar-refractivity contribution in [3.63, 3.8) is 0 Å². The van der Waals surface area contributed by atoms with Crippen LogP contribution in [0.4, 0.5) is 4.79 Å². The molecule has 21 heavy (non-hydrogen) atoms. The first-order chi connectivity index (χ1) is 10.1. The lowest BCUT2D eigenvalue weighted by Gasteiger charge is -2.26. The molecule has 0 bridgehead atoms. The highest BCUT2D eigenvalue weighted by atomic mass is 35.5. The first kappa shape index (κ1) is 16.5. The van der Waals surface area contributed by atoms with Crippen LogP contribution in [-0.4, -0.2) is 29.5 Å². The molecule has 1 aromatic carbocycles. The number of thioether (sulfide) groups is 1. The lowest BCUT2D eigenvalue weighted by molar-refractivity contribution is 0.160. The van der Waals surface area contributed by atoms with E-state index in [1.807, 2.05) is 25.1 Å². The molecular formula is C15H21ClN2O2S. The lowest BCUT2D eigenvalue weighted by Crippen LogP contribution is -2.40. The Bertz CT molecular complexity index is 499. The third kappa shape index (κ3) is 4.80. The third-order valence-corrected chi connectivity index (χ3v) is 4.91. The van der Waals surface area contributed by atoms with Gasteiger partial charge in [0.15, 0.2) is 0 Å². The molecule has 1 aromatic rings. The second-order valence-electron chi connectivity index (χ2n) is 5.12. The number of carbonyl (C=O) groups is 1. The molecule has 6 heteroatoms. The number of urea groups is 1. The number of nitrogens with one attached hydrogen (secondary N) is 2. The van der Waals surface area contributed by atoms with E-state index in [9.17, 15) is 9.90 Å². The number of halogens is 1. The summed E-state index contributed by atoms with van der Waals surface area (Å²) in [6.45, 7) is 2.40. The van der Waals surface area contributed by atoms with Crippen LogP contribution in [0.3, 0.4) is 0 Å². The average Bonchev–Trinajstić information content (AvgIpc) is 2.47. The van der Waals surface area contributed by atoms with Crippen molar-refractivity contribution in [1.82, 2.24) is 10.6 Å². The van der Waals surface area contributed by atoms with Gasteiger partial charge in [0.25, 0.3) is 0 Å². The van der Waals surface area contributed by atoms with Crippen LogP contribution < -0.4 is 10.6 Å². The molecule has 1 heterocycles. The van der Waals surface area contributed by atoms with Gasteiger partial charge in [-0.1, -0.05) is 18.5 Å². The summed E-state index contributed by atoms with van der Waals surface area (Å²) in [5.74, 6) is 0.980. The molecule has 2 unspecified atom stereocenters. The van der Waals surface area contributed by atoms with Crippen molar-refractivity contribution in [1.29, 1.82) is 0 Å². The summed E-state index contributed by atoms with van der Waals surface area (Å²) < 4.78 is 0. The fourth-order valence-electron chi connectivity index (χ4n) is 2.28. The van der Waals surface area contributed by atoms with E-state index in [2.05, 4.69) is 10.6 Å². The van der Waals surface area contributed by atoms with Crippen LogP contribution in [0, 0.1) is 0 Å². The molecule has 4 nitrogen and oxygen atoms in total. The average molecular weight is 329 g/mol. The minimum absolute atomic E-state index is 0.00366. The topological polar surface area (TPSA) is 61.4 Å². The van der Waals surface area contributed by atoms with E-state index in [1.165, 1.54) is 4.90 Å². The number of benzene rings is 1. The predicted octanol–water partition coefficient (Wildman–Crippen LogP) is 3.34. The van der Waals surface area contributed by atoms with Gasteiger partial charge in [0.05, 0.1) is 12.1 Å². The molecule has 0 spiro atoms. The van der Waals surface area contributed by atoms with Crippen molar-refractivity contribution in [3.05, 3.63) is 28.8 Å². The zero-order valence-electron chi connectivity index (χ0n) is 12.1. The molecule has 0 saturated carbocycles. The maximum Gasteiger partial charge on any atom is 0.315 e. The molecule has 3 N–H and O–H groups in total. The number of hydrogen-bond acceptors (Lipinski definition) is 3. The summed E-state index contributed by atoms with van der Waals surface area (Å²) in [6.07, 6.45) is 1.82. The van der Waals surface area contributed by atoms with Gasteiger partial charge in [0.1, 0.15) is 0 Å². The molecule has 116 valence electrons. The van der Waals surface area contributed by atoms with Gasteiger partial charge in [-0.2, -0.15) is 0 Å². The van der Waals surface area contributed by atoms with Crippen LogP contribution in [-0.2, 0) is 0 Å². The highest BCUT2D eigenvalue weighted by Gasteiger charge is 2.22. The van der Waals surface area contributed by atoms with E-state index in [0.29, 0.717) is 24.4 Å². The quantitative estimate of drug-likeness (QED) is 0.777. The smallest absolute Gasteiger partial charge is 0.315 e. The molecule has 0 saturated heterocycles. The highest BCUT2D eigenvalue weighted by molar-refractivity contribution is 7.99. The molecule has 0 fully saturated rings. The summed E-state index contributed by atoms with van der Waals surface area (Å²) in [6, 6.07) is 5.61. The summed E-state index contributed by atoms with van der Waals surface area (Å²) in [5, 5.41) is 15.9. The van der Waals surface area contributed by atoms with Crippen LogP contribution in [0.25, 0.3) is 0 Å². The molecule has 0 radical (unpaired) electrons. The van der Waals surface area contributed by atoms with Gasteiger partial charge in [-0.15, -0.1) is 11.8 Å². The molecule has 1 aliphatic heterocycles. The number of amides is 2.